The van der Waals surface area contributed by atoms with E-state index in [-0.39, 0.29) is 10.5 Å². The molecule has 1 amide bonds. The summed E-state index contributed by atoms with van der Waals surface area (Å²) in [6.45, 7) is 3.78. The van der Waals surface area contributed by atoms with Crippen molar-refractivity contribution >= 4 is 15.9 Å². The summed E-state index contributed by atoms with van der Waals surface area (Å²) in [6.07, 6.45) is 1.92. The topological polar surface area (TPSA) is 96.1 Å². The minimum Gasteiger partial charge on any atom is -0.326 e. The zero-order valence-electron chi connectivity index (χ0n) is 13.6. The van der Waals surface area contributed by atoms with Gasteiger partial charge in [0.15, 0.2) is 0 Å². The van der Waals surface area contributed by atoms with E-state index >= 15 is 0 Å². The number of aromatic nitrogens is 1. The lowest BCUT2D eigenvalue weighted by Crippen LogP contribution is -2.32. The second-order valence-electron chi connectivity index (χ2n) is 5.40. The maximum atomic E-state index is 12.5. The second-order valence-corrected chi connectivity index (χ2v) is 7.06. The molecule has 0 aliphatic carbocycles. The molecule has 0 saturated heterocycles. The highest BCUT2D eigenvalue weighted by atomic mass is 32.2. The standard InChI is InChI=1S/C17H20N2O4S/c1-3-7-14-10-13(11-16(20)18-14)17(21)19-24(22,23)15-9-6-5-8-12(15)4-2/h5-6,8-11H,3-4,7H2,1-2H3,(H,18,20)(H,19,21). The summed E-state index contributed by atoms with van der Waals surface area (Å²) in [5.41, 5.74) is 0.814. The van der Waals surface area contributed by atoms with Gasteiger partial charge in [0.2, 0.25) is 5.56 Å². The number of carbonyl (C=O) groups is 1. The molecule has 0 fully saturated rings. The van der Waals surface area contributed by atoms with Crippen LogP contribution in [0.5, 0.6) is 0 Å². The third-order valence-corrected chi connectivity index (χ3v) is 4.98. The number of sulfonamides is 1. The Labute approximate surface area is 141 Å². The van der Waals surface area contributed by atoms with Crippen LogP contribution in [0.15, 0.2) is 46.1 Å². The maximum absolute atomic E-state index is 12.5. The number of pyridine rings is 1. The van der Waals surface area contributed by atoms with Crippen LogP contribution in [0.3, 0.4) is 0 Å². The third kappa shape index (κ3) is 4.11. The van der Waals surface area contributed by atoms with Crippen molar-refractivity contribution in [3.05, 3.63) is 63.6 Å². The van der Waals surface area contributed by atoms with Gasteiger partial charge in [-0.15, -0.1) is 0 Å². The fourth-order valence-electron chi connectivity index (χ4n) is 2.43. The molecule has 0 spiro atoms. The molecule has 1 aromatic carbocycles. The van der Waals surface area contributed by atoms with Crippen LogP contribution in [0, 0.1) is 0 Å². The van der Waals surface area contributed by atoms with Crippen molar-refractivity contribution in [2.75, 3.05) is 0 Å². The van der Waals surface area contributed by atoms with E-state index in [1.54, 1.807) is 18.2 Å². The first-order valence-electron chi connectivity index (χ1n) is 7.75. The average Bonchev–Trinajstić information content (AvgIpc) is 2.54. The Morgan fingerprint density at radius 3 is 2.54 bits per heavy atom. The quantitative estimate of drug-likeness (QED) is 0.834. The summed E-state index contributed by atoms with van der Waals surface area (Å²) in [4.78, 5) is 26.6. The van der Waals surface area contributed by atoms with Crippen LogP contribution in [-0.2, 0) is 22.9 Å². The monoisotopic (exact) mass is 348 g/mol. The smallest absolute Gasteiger partial charge is 0.265 e. The molecular weight excluding hydrogens is 328 g/mol. The van der Waals surface area contributed by atoms with Crippen molar-refractivity contribution in [2.24, 2.45) is 0 Å². The Balaban J connectivity index is 2.33. The molecule has 0 radical (unpaired) electrons. The first-order valence-corrected chi connectivity index (χ1v) is 9.24. The Morgan fingerprint density at radius 1 is 1.17 bits per heavy atom. The van der Waals surface area contributed by atoms with Crippen LogP contribution in [0.4, 0.5) is 0 Å². The van der Waals surface area contributed by atoms with E-state index in [0.717, 1.165) is 12.5 Å². The van der Waals surface area contributed by atoms with Crippen molar-refractivity contribution in [2.45, 2.75) is 38.0 Å². The van der Waals surface area contributed by atoms with E-state index in [1.165, 1.54) is 12.1 Å². The highest BCUT2D eigenvalue weighted by molar-refractivity contribution is 7.90. The van der Waals surface area contributed by atoms with Gasteiger partial charge in [-0.05, 0) is 30.5 Å². The fraction of sp³-hybridized carbons (Fsp3) is 0.294. The molecule has 6 nitrogen and oxygen atoms in total. The Hall–Kier alpha value is -2.41. The van der Waals surface area contributed by atoms with Crippen LogP contribution < -0.4 is 10.3 Å². The number of rotatable bonds is 6. The first kappa shape index (κ1) is 17.9. The zero-order chi connectivity index (χ0) is 17.7. The van der Waals surface area contributed by atoms with E-state index in [9.17, 15) is 18.0 Å². The van der Waals surface area contributed by atoms with Crippen molar-refractivity contribution in [3.63, 3.8) is 0 Å². The molecule has 0 saturated carbocycles. The molecule has 128 valence electrons. The minimum atomic E-state index is -4.00. The Morgan fingerprint density at radius 2 is 1.88 bits per heavy atom. The summed E-state index contributed by atoms with van der Waals surface area (Å²) in [5.74, 6) is -0.815. The van der Waals surface area contributed by atoms with Gasteiger partial charge < -0.3 is 4.98 Å². The molecule has 1 aromatic heterocycles. The molecule has 24 heavy (non-hydrogen) atoms. The lowest BCUT2D eigenvalue weighted by atomic mass is 10.1. The summed E-state index contributed by atoms with van der Waals surface area (Å²) in [6, 6.07) is 9.09. The Bertz CT molecular complexity index is 901. The number of aryl methyl sites for hydroxylation is 2. The average molecular weight is 348 g/mol. The number of benzene rings is 1. The molecule has 7 heteroatoms. The SMILES string of the molecule is CCCc1cc(C(=O)NS(=O)(=O)c2ccccc2CC)cc(=O)[nH]1. The van der Waals surface area contributed by atoms with Crippen molar-refractivity contribution in [1.29, 1.82) is 0 Å². The lowest BCUT2D eigenvalue weighted by Gasteiger charge is -2.11. The molecule has 0 atom stereocenters. The zero-order valence-corrected chi connectivity index (χ0v) is 14.4. The van der Waals surface area contributed by atoms with Gasteiger partial charge in [0.1, 0.15) is 0 Å². The number of amides is 1. The summed E-state index contributed by atoms with van der Waals surface area (Å²) in [7, 11) is -4.00. The van der Waals surface area contributed by atoms with Crippen LogP contribution >= 0.6 is 0 Å². The third-order valence-electron chi connectivity index (χ3n) is 3.55. The van der Waals surface area contributed by atoms with E-state index in [0.29, 0.717) is 24.1 Å². The predicted octanol–water partition coefficient (Wildman–Crippen LogP) is 2.01. The molecule has 2 rings (SSSR count). The van der Waals surface area contributed by atoms with Gasteiger partial charge in [-0.2, -0.15) is 0 Å². The van der Waals surface area contributed by atoms with Crippen LogP contribution in [-0.4, -0.2) is 19.3 Å². The number of aromatic amines is 1. The largest absolute Gasteiger partial charge is 0.326 e. The molecule has 0 aliphatic rings. The summed E-state index contributed by atoms with van der Waals surface area (Å²) in [5, 5.41) is 0. The van der Waals surface area contributed by atoms with Gasteiger partial charge in [-0.1, -0.05) is 38.5 Å². The van der Waals surface area contributed by atoms with Gasteiger partial charge in [0, 0.05) is 17.3 Å². The molecule has 2 aromatic rings. The van der Waals surface area contributed by atoms with Crippen molar-refractivity contribution in [3.8, 4) is 0 Å². The van der Waals surface area contributed by atoms with Crippen LogP contribution in [0.2, 0.25) is 0 Å². The molecule has 0 unspecified atom stereocenters. The van der Waals surface area contributed by atoms with Crippen molar-refractivity contribution < 1.29 is 13.2 Å². The number of carbonyl (C=O) groups excluding carboxylic acids is 1. The maximum Gasteiger partial charge on any atom is 0.265 e. The highest BCUT2D eigenvalue weighted by Gasteiger charge is 2.21. The number of hydrogen-bond acceptors (Lipinski definition) is 4. The van der Waals surface area contributed by atoms with Crippen LogP contribution in [0.25, 0.3) is 0 Å². The Kier molecular flexibility index (Phi) is 5.56. The fourth-order valence-corrected chi connectivity index (χ4v) is 3.72. The molecule has 2 N–H and O–H groups in total. The normalized spacial score (nSPS) is 11.2. The van der Waals surface area contributed by atoms with E-state index in [2.05, 4.69) is 4.98 Å². The first-order chi connectivity index (χ1) is 11.4. The van der Waals surface area contributed by atoms with Crippen LogP contribution in [0.1, 0.15) is 41.9 Å². The van der Waals surface area contributed by atoms with Gasteiger partial charge in [0.05, 0.1) is 4.90 Å². The van der Waals surface area contributed by atoms with E-state index < -0.39 is 21.5 Å². The number of hydrogen-bond donors (Lipinski definition) is 2. The highest BCUT2D eigenvalue weighted by Crippen LogP contribution is 2.16. The number of H-pyrrole nitrogens is 1. The number of nitrogens with one attached hydrogen (secondary N) is 2. The molecule has 0 aliphatic heterocycles. The van der Waals surface area contributed by atoms with E-state index in [4.69, 9.17) is 0 Å². The lowest BCUT2D eigenvalue weighted by molar-refractivity contribution is 0.0981. The van der Waals surface area contributed by atoms with Gasteiger partial charge >= 0.3 is 0 Å². The predicted molar refractivity (Wildman–Crippen MR) is 91.5 cm³/mol. The minimum absolute atomic E-state index is 0.0276. The molecular formula is C17H20N2O4S. The van der Waals surface area contributed by atoms with Gasteiger partial charge in [-0.25, -0.2) is 13.1 Å². The van der Waals surface area contributed by atoms with Gasteiger partial charge in [0.25, 0.3) is 15.9 Å². The molecule has 0 bridgehead atoms. The van der Waals surface area contributed by atoms with Crippen molar-refractivity contribution in [1.82, 2.24) is 9.71 Å². The second kappa shape index (κ2) is 7.44. The summed E-state index contributed by atoms with van der Waals surface area (Å²) < 4.78 is 27.0. The van der Waals surface area contributed by atoms with E-state index in [1.807, 2.05) is 18.6 Å². The summed E-state index contributed by atoms with van der Waals surface area (Å²) >= 11 is 0. The van der Waals surface area contributed by atoms with Gasteiger partial charge in [-0.3, -0.25) is 9.59 Å². The molecule has 1 heterocycles.